The number of aromatic nitrogens is 2. The highest BCUT2D eigenvalue weighted by molar-refractivity contribution is 7.92. The third-order valence-corrected chi connectivity index (χ3v) is 7.23. The first-order chi connectivity index (χ1) is 14.7. The van der Waals surface area contributed by atoms with E-state index in [9.17, 15) is 13.2 Å². The van der Waals surface area contributed by atoms with Crippen molar-refractivity contribution in [3.63, 3.8) is 0 Å². The number of rotatable bonds is 8. The van der Waals surface area contributed by atoms with Gasteiger partial charge in [0.15, 0.2) is 9.84 Å². The molecule has 0 aliphatic carbocycles. The van der Waals surface area contributed by atoms with Gasteiger partial charge in [0.25, 0.3) is 5.91 Å². The van der Waals surface area contributed by atoms with Crippen LogP contribution in [0, 0.1) is 0 Å². The first kappa shape index (κ1) is 23.0. The van der Waals surface area contributed by atoms with E-state index in [1.807, 2.05) is 19.1 Å². The molecule has 0 saturated carbocycles. The first-order valence-electron chi connectivity index (χ1n) is 9.94. The zero-order valence-electron chi connectivity index (χ0n) is 17.6. The molecule has 1 heterocycles. The number of hydrogen-bond acceptors (Lipinski definition) is 6. The normalized spacial score (nSPS) is 11.6. The van der Waals surface area contributed by atoms with Crippen molar-refractivity contribution in [1.82, 2.24) is 15.1 Å². The molecule has 0 bridgehead atoms. The number of carbonyl (C=O) groups is 1. The predicted octanol–water partition coefficient (Wildman–Crippen LogP) is 4.62. The maximum Gasteiger partial charge on any atom is 0.254 e. The molecule has 0 radical (unpaired) electrons. The first-order valence-corrected chi connectivity index (χ1v) is 11.9. The van der Waals surface area contributed by atoms with E-state index in [2.05, 4.69) is 10.2 Å². The highest BCUT2D eigenvalue weighted by Crippen LogP contribution is 2.26. The quantitative estimate of drug-likeness (QED) is 0.485. The zero-order valence-corrected chi connectivity index (χ0v) is 19.2. The van der Waals surface area contributed by atoms with Crippen LogP contribution in [0.2, 0.25) is 5.02 Å². The molecule has 7 nitrogen and oxygen atoms in total. The smallest absolute Gasteiger partial charge is 0.254 e. The van der Waals surface area contributed by atoms with E-state index >= 15 is 0 Å². The summed E-state index contributed by atoms with van der Waals surface area (Å²) >= 11 is 6.18. The Morgan fingerprint density at radius 3 is 2.39 bits per heavy atom. The highest BCUT2D eigenvalue weighted by atomic mass is 35.5. The van der Waals surface area contributed by atoms with Gasteiger partial charge in [-0.2, -0.15) is 0 Å². The average molecular weight is 462 g/mol. The molecular formula is C22H24ClN3O4S. The Labute approximate surface area is 187 Å². The molecule has 9 heteroatoms. The molecule has 3 rings (SSSR count). The van der Waals surface area contributed by atoms with Gasteiger partial charge < -0.3 is 9.32 Å². The van der Waals surface area contributed by atoms with Crippen LogP contribution in [-0.4, -0.2) is 41.2 Å². The van der Waals surface area contributed by atoms with Gasteiger partial charge in [-0.25, -0.2) is 8.42 Å². The predicted molar refractivity (Wildman–Crippen MR) is 119 cm³/mol. The fourth-order valence-corrected chi connectivity index (χ4v) is 4.26. The highest BCUT2D eigenvalue weighted by Gasteiger charge is 2.22. The van der Waals surface area contributed by atoms with Gasteiger partial charge >= 0.3 is 0 Å². The Morgan fingerprint density at radius 1 is 1.10 bits per heavy atom. The van der Waals surface area contributed by atoms with Gasteiger partial charge in [0.05, 0.1) is 27.3 Å². The number of benzene rings is 2. The summed E-state index contributed by atoms with van der Waals surface area (Å²) in [6.07, 6.45) is 0.733. The van der Waals surface area contributed by atoms with Crippen LogP contribution in [0.3, 0.4) is 0 Å². The topological polar surface area (TPSA) is 93.4 Å². The van der Waals surface area contributed by atoms with E-state index in [1.54, 1.807) is 30.9 Å². The van der Waals surface area contributed by atoms with Crippen LogP contribution in [0.15, 0.2) is 57.8 Å². The molecule has 3 aromatic rings. The molecule has 164 valence electrons. The second-order valence-corrected chi connectivity index (χ2v) is 10.2. The summed E-state index contributed by atoms with van der Waals surface area (Å²) in [5, 5.41) is 8.05. The Balaban J connectivity index is 1.80. The number of halogens is 1. The van der Waals surface area contributed by atoms with Crippen LogP contribution < -0.4 is 0 Å². The largest absolute Gasteiger partial charge is 0.419 e. The van der Waals surface area contributed by atoms with Crippen molar-refractivity contribution in [1.29, 1.82) is 0 Å². The van der Waals surface area contributed by atoms with E-state index in [-0.39, 0.29) is 29.1 Å². The summed E-state index contributed by atoms with van der Waals surface area (Å²) in [5.41, 5.74) is 1.01. The van der Waals surface area contributed by atoms with Gasteiger partial charge in [-0.3, -0.25) is 4.79 Å². The molecule has 1 aromatic heterocycles. The second-order valence-electron chi connectivity index (χ2n) is 7.33. The van der Waals surface area contributed by atoms with Gasteiger partial charge in [-0.05, 0) is 56.7 Å². The van der Waals surface area contributed by atoms with Crippen molar-refractivity contribution in [2.24, 2.45) is 0 Å². The van der Waals surface area contributed by atoms with Crippen LogP contribution in [0.1, 0.15) is 43.4 Å². The summed E-state index contributed by atoms with van der Waals surface area (Å²) in [6.45, 7) is 5.82. The number of sulfone groups is 1. The minimum Gasteiger partial charge on any atom is -0.419 e. The van der Waals surface area contributed by atoms with Crippen molar-refractivity contribution in [2.75, 3.05) is 6.54 Å². The second kappa shape index (κ2) is 9.62. The number of hydrogen-bond donors (Lipinski definition) is 0. The summed E-state index contributed by atoms with van der Waals surface area (Å²) in [5.74, 6) is 0.330. The summed E-state index contributed by atoms with van der Waals surface area (Å²) in [6, 6.07) is 13.1. The number of amides is 1. The van der Waals surface area contributed by atoms with E-state index < -0.39 is 15.1 Å². The number of carbonyl (C=O) groups excluding carboxylic acids is 1. The molecular weight excluding hydrogens is 438 g/mol. The SMILES string of the molecule is CCCN(Cc1nnc(-c2ccccc2Cl)o1)C(=O)c1ccc(S(=O)(=O)C(C)C)cc1. The Kier molecular flexibility index (Phi) is 7.12. The van der Waals surface area contributed by atoms with Crippen molar-refractivity contribution >= 4 is 27.3 Å². The molecule has 0 aliphatic rings. The van der Waals surface area contributed by atoms with Crippen LogP contribution in [0.5, 0.6) is 0 Å². The van der Waals surface area contributed by atoms with Crippen molar-refractivity contribution in [3.8, 4) is 11.5 Å². The lowest BCUT2D eigenvalue weighted by atomic mass is 10.2. The summed E-state index contributed by atoms with van der Waals surface area (Å²) in [7, 11) is -3.39. The lowest BCUT2D eigenvalue weighted by molar-refractivity contribution is 0.0728. The lowest BCUT2D eigenvalue weighted by Crippen LogP contribution is -2.31. The molecule has 1 amide bonds. The summed E-state index contributed by atoms with van der Waals surface area (Å²) < 4.78 is 30.3. The van der Waals surface area contributed by atoms with Gasteiger partial charge in [-0.1, -0.05) is 30.7 Å². The average Bonchev–Trinajstić information content (AvgIpc) is 3.21. The Hall–Kier alpha value is -2.71. The maximum atomic E-state index is 13.0. The van der Waals surface area contributed by atoms with E-state index in [0.29, 0.717) is 22.7 Å². The molecule has 0 atom stereocenters. The molecule has 0 saturated heterocycles. The summed E-state index contributed by atoms with van der Waals surface area (Å²) in [4.78, 5) is 14.8. The molecule has 0 fully saturated rings. The van der Waals surface area contributed by atoms with Crippen LogP contribution in [0.25, 0.3) is 11.5 Å². The molecule has 0 aliphatic heterocycles. The van der Waals surface area contributed by atoms with Gasteiger partial charge in [0.1, 0.15) is 0 Å². The van der Waals surface area contributed by atoms with Crippen molar-refractivity contribution in [3.05, 3.63) is 65.0 Å². The maximum absolute atomic E-state index is 13.0. The van der Waals surface area contributed by atoms with E-state index in [0.717, 1.165) is 6.42 Å². The van der Waals surface area contributed by atoms with E-state index in [1.165, 1.54) is 24.3 Å². The molecule has 0 N–H and O–H groups in total. The monoisotopic (exact) mass is 461 g/mol. The van der Waals surface area contributed by atoms with Gasteiger partial charge in [0, 0.05) is 12.1 Å². The minimum absolute atomic E-state index is 0.135. The lowest BCUT2D eigenvalue weighted by Gasteiger charge is -2.20. The molecule has 2 aromatic carbocycles. The third kappa shape index (κ3) is 5.14. The van der Waals surface area contributed by atoms with Crippen LogP contribution in [-0.2, 0) is 16.4 Å². The zero-order chi connectivity index (χ0) is 22.6. The molecule has 31 heavy (non-hydrogen) atoms. The fraction of sp³-hybridized carbons (Fsp3) is 0.318. The number of nitrogens with zero attached hydrogens (tertiary/aromatic N) is 3. The van der Waals surface area contributed by atoms with Crippen LogP contribution >= 0.6 is 11.6 Å². The third-order valence-electron chi connectivity index (χ3n) is 4.73. The van der Waals surface area contributed by atoms with Crippen molar-refractivity contribution < 1.29 is 17.6 Å². The van der Waals surface area contributed by atoms with Crippen molar-refractivity contribution in [2.45, 2.75) is 43.9 Å². The fourth-order valence-electron chi connectivity index (χ4n) is 2.99. The Bertz CT molecular complexity index is 1160. The standard InChI is InChI=1S/C22H24ClN3O4S/c1-4-13-26(14-20-24-25-21(30-20)18-7-5-6-8-19(18)23)22(27)16-9-11-17(12-10-16)31(28,29)15(2)3/h5-12,15H,4,13-14H2,1-3H3. The Morgan fingerprint density at radius 2 is 1.77 bits per heavy atom. The minimum atomic E-state index is -3.39. The van der Waals surface area contributed by atoms with Gasteiger partial charge in [0.2, 0.25) is 11.8 Å². The van der Waals surface area contributed by atoms with Crippen LogP contribution in [0.4, 0.5) is 0 Å². The van der Waals surface area contributed by atoms with Gasteiger partial charge in [-0.15, -0.1) is 10.2 Å². The molecule has 0 spiro atoms. The molecule has 0 unspecified atom stereocenters. The van der Waals surface area contributed by atoms with E-state index in [4.69, 9.17) is 16.0 Å².